The van der Waals surface area contributed by atoms with Crippen LogP contribution in [0, 0.1) is 0 Å². The number of fused-ring (bicyclic) bond motifs is 2. The zero-order valence-corrected chi connectivity index (χ0v) is 24.4. The maximum absolute atomic E-state index is 6.86. The third kappa shape index (κ3) is 5.46. The lowest BCUT2D eigenvalue weighted by molar-refractivity contribution is -0.531. The Morgan fingerprint density at radius 3 is 2.48 bits per heavy atom. The number of nitrogens with zero attached hydrogens (tertiary/aromatic N) is 1. The molecule has 216 valence electrons. The van der Waals surface area contributed by atoms with Gasteiger partial charge in [0.1, 0.15) is 6.10 Å². The lowest BCUT2D eigenvalue weighted by Crippen LogP contribution is -2.56. The fourth-order valence-electron chi connectivity index (χ4n) is 6.61. The molecule has 0 amide bonds. The topological polar surface area (TPSA) is 64.6 Å². The number of ether oxygens (including phenoxy) is 1. The summed E-state index contributed by atoms with van der Waals surface area (Å²) in [5.41, 5.74) is 4.84. The maximum atomic E-state index is 6.86. The van der Waals surface area contributed by atoms with Gasteiger partial charge in [0.15, 0.2) is 5.60 Å². The fraction of sp³-hybridized carbons (Fsp3) is 0.343. The molecular formula is C35H36ClN3O3. The van der Waals surface area contributed by atoms with Gasteiger partial charge >= 0.3 is 0 Å². The van der Waals surface area contributed by atoms with Crippen LogP contribution in [0.3, 0.4) is 0 Å². The number of pyridine rings is 1. The number of aromatic nitrogens is 1. The third-order valence-corrected chi connectivity index (χ3v) is 9.15. The summed E-state index contributed by atoms with van der Waals surface area (Å²) in [5.74, 6) is -0.712. The summed E-state index contributed by atoms with van der Waals surface area (Å²) in [7, 11) is 0. The van der Waals surface area contributed by atoms with Gasteiger partial charge in [0, 0.05) is 54.1 Å². The van der Waals surface area contributed by atoms with Crippen molar-refractivity contribution in [2.75, 3.05) is 18.4 Å². The van der Waals surface area contributed by atoms with Crippen molar-refractivity contribution in [1.82, 2.24) is 10.3 Å². The monoisotopic (exact) mass is 581 g/mol. The Morgan fingerprint density at radius 2 is 1.67 bits per heavy atom. The summed E-state index contributed by atoms with van der Waals surface area (Å²) in [4.78, 5) is 17.1. The molecule has 2 heterocycles. The van der Waals surface area contributed by atoms with Crippen LogP contribution in [0.25, 0.3) is 16.5 Å². The number of benzene rings is 3. The molecule has 2 aliphatic carbocycles. The molecule has 3 aliphatic rings. The van der Waals surface area contributed by atoms with E-state index in [1.807, 2.05) is 42.6 Å². The average Bonchev–Trinajstić information content (AvgIpc) is 3.42. The second-order valence-corrected chi connectivity index (χ2v) is 12.1. The van der Waals surface area contributed by atoms with Gasteiger partial charge in [0.05, 0.1) is 5.52 Å². The zero-order valence-electron chi connectivity index (χ0n) is 23.6. The van der Waals surface area contributed by atoms with Gasteiger partial charge in [-0.15, -0.1) is 0 Å². The van der Waals surface area contributed by atoms with Crippen LogP contribution >= 0.6 is 11.6 Å². The van der Waals surface area contributed by atoms with Crippen LogP contribution in [0.2, 0.25) is 5.02 Å². The molecule has 7 heteroatoms. The van der Waals surface area contributed by atoms with E-state index >= 15 is 0 Å². The maximum Gasteiger partial charge on any atom is 0.202 e. The Kier molecular flexibility index (Phi) is 7.74. The second-order valence-electron chi connectivity index (χ2n) is 11.6. The molecule has 3 aromatic carbocycles. The lowest BCUT2D eigenvalue weighted by Gasteiger charge is -2.49. The SMILES string of the molecule is Clc1ccc2c(NCCCNC3CCC4(CC3)OOC3(c5ccccc5)CC(c5ccccc5)=CC3O4)ccnc2c1. The van der Waals surface area contributed by atoms with Gasteiger partial charge in [0.25, 0.3) is 0 Å². The van der Waals surface area contributed by atoms with Gasteiger partial charge in [0.2, 0.25) is 5.79 Å². The van der Waals surface area contributed by atoms with E-state index in [1.54, 1.807) is 0 Å². The summed E-state index contributed by atoms with van der Waals surface area (Å²) in [6, 6.07) is 29.2. The lowest BCUT2D eigenvalue weighted by atomic mass is 9.85. The van der Waals surface area contributed by atoms with Crippen LogP contribution in [-0.4, -0.2) is 36.0 Å². The van der Waals surface area contributed by atoms with E-state index in [4.69, 9.17) is 26.1 Å². The Morgan fingerprint density at radius 1 is 0.881 bits per heavy atom. The van der Waals surface area contributed by atoms with E-state index < -0.39 is 11.4 Å². The number of rotatable bonds is 8. The number of anilines is 1. The van der Waals surface area contributed by atoms with E-state index in [2.05, 4.69) is 70.2 Å². The average molecular weight is 582 g/mol. The smallest absolute Gasteiger partial charge is 0.202 e. The predicted octanol–water partition coefficient (Wildman–Crippen LogP) is 7.65. The molecular weight excluding hydrogens is 546 g/mol. The molecule has 1 aliphatic heterocycles. The van der Waals surface area contributed by atoms with Gasteiger partial charge in [-0.05, 0) is 72.8 Å². The molecule has 2 fully saturated rings. The fourth-order valence-corrected chi connectivity index (χ4v) is 6.77. The highest BCUT2D eigenvalue weighted by Gasteiger charge is 2.57. The first-order chi connectivity index (χ1) is 20.6. The van der Waals surface area contributed by atoms with E-state index in [9.17, 15) is 0 Å². The van der Waals surface area contributed by atoms with E-state index in [0.29, 0.717) is 17.5 Å². The molecule has 1 aromatic heterocycles. The molecule has 42 heavy (non-hydrogen) atoms. The van der Waals surface area contributed by atoms with Crippen LogP contribution < -0.4 is 10.6 Å². The standard InChI is InChI=1S/C35H36ClN3O3/c36-28-12-13-30-31(16-21-39-32(30)23-28)38-20-7-19-37-29-14-17-34(18-15-29)40-33-22-26(25-8-3-1-4-9-25)24-35(33,42-41-34)27-10-5-2-6-11-27/h1-6,8-13,16,21-23,29,33,37H,7,14-15,17-20,24H2,(H,38,39). The largest absolute Gasteiger partial charge is 0.384 e. The van der Waals surface area contributed by atoms with Gasteiger partial charge in [-0.2, -0.15) is 0 Å². The molecule has 2 unspecified atom stereocenters. The van der Waals surface area contributed by atoms with Crippen molar-refractivity contribution in [1.29, 1.82) is 0 Å². The molecule has 6 nitrogen and oxygen atoms in total. The minimum atomic E-state index is -0.712. The van der Waals surface area contributed by atoms with Gasteiger partial charge in [-0.25, -0.2) is 9.78 Å². The van der Waals surface area contributed by atoms with Crippen LogP contribution in [-0.2, 0) is 20.1 Å². The van der Waals surface area contributed by atoms with Crippen LogP contribution in [0.4, 0.5) is 5.69 Å². The molecule has 0 radical (unpaired) electrons. The number of nitrogens with one attached hydrogen (secondary N) is 2. The van der Waals surface area contributed by atoms with Crippen molar-refractivity contribution in [3.8, 4) is 0 Å². The van der Waals surface area contributed by atoms with E-state index in [-0.39, 0.29) is 6.10 Å². The summed E-state index contributed by atoms with van der Waals surface area (Å²) in [6.07, 6.45) is 9.15. The highest BCUT2D eigenvalue weighted by atomic mass is 35.5. The van der Waals surface area contributed by atoms with Crippen molar-refractivity contribution < 1.29 is 14.5 Å². The third-order valence-electron chi connectivity index (χ3n) is 8.91. The number of halogens is 1. The predicted molar refractivity (Wildman–Crippen MR) is 167 cm³/mol. The Bertz CT molecular complexity index is 1560. The van der Waals surface area contributed by atoms with Crippen LogP contribution in [0.15, 0.2) is 97.2 Å². The van der Waals surface area contributed by atoms with Gasteiger partial charge < -0.3 is 15.4 Å². The molecule has 0 bridgehead atoms. The highest BCUT2D eigenvalue weighted by molar-refractivity contribution is 6.31. The van der Waals surface area contributed by atoms with Crippen molar-refractivity contribution in [3.05, 3.63) is 113 Å². The van der Waals surface area contributed by atoms with Crippen LogP contribution in [0.5, 0.6) is 0 Å². The molecule has 4 aromatic rings. The second kappa shape index (κ2) is 11.8. The highest BCUT2D eigenvalue weighted by Crippen LogP contribution is 2.53. The molecule has 1 spiro atoms. The van der Waals surface area contributed by atoms with E-state index in [0.717, 1.165) is 67.3 Å². The Labute approximate surface area is 252 Å². The first-order valence-corrected chi connectivity index (χ1v) is 15.4. The van der Waals surface area contributed by atoms with Crippen molar-refractivity contribution in [2.24, 2.45) is 0 Å². The number of hydrogen-bond donors (Lipinski definition) is 2. The minimum Gasteiger partial charge on any atom is -0.384 e. The molecule has 2 atom stereocenters. The van der Waals surface area contributed by atoms with Gasteiger partial charge in [-0.1, -0.05) is 72.3 Å². The first kappa shape index (κ1) is 27.6. The molecule has 1 saturated carbocycles. The summed E-state index contributed by atoms with van der Waals surface area (Å²) in [5, 5.41) is 9.10. The zero-order chi connectivity index (χ0) is 28.4. The number of hydrogen-bond acceptors (Lipinski definition) is 6. The Balaban J connectivity index is 0.942. The summed E-state index contributed by atoms with van der Waals surface area (Å²) >= 11 is 6.13. The molecule has 2 N–H and O–H groups in total. The van der Waals surface area contributed by atoms with Crippen LogP contribution in [0.1, 0.15) is 49.7 Å². The van der Waals surface area contributed by atoms with Crippen molar-refractivity contribution >= 4 is 33.8 Å². The molecule has 1 saturated heterocycles. The van der Waals surface area contributed by atoms with Crippen molar-refractivity contribution in [3.63, 3.8) is 0 Å². The summed E-state index contributed by atoms with van der Waals surface area (Å²) < 4.78 is 6.86. The van der Waals surface area contributed by atoms with Crippen molar-refractivity contribution in [2.45, 2.75) is 62.1 Å². The Hall–Kier alpha value is -3.26. The molecule has 7 rings (SSSR count). The quantitative estimate of drug-likeness (QED) is 0.165. The first-order valence-electron chi connectivity index (χ1n) is 15.0. The summed E-state index contributed by atoms with van der Waals surface area (Å²) in [6.45, 7) is 1.82. The van der Waals surface area contributed by atoms with Gasteiger partial charge in [-0.3, -0.25) is 4.98 Å². The minimum absolute atomic E-state index is 0.209. The van der Waals surface area contributed by atoms with E-state index in [1.165, 1.54) is 11.1 Å². The normalized spacial score (nSPS) is 27.1.